The fourth-order valence-electron chi connectivity index (χ4n) is 7.45. The summed E-state index contributed by atoms with van der Waals surface area (Å²) in [5, 5.41) is 6.92. The molecule has 2 saturated heterocycles. The Hall–Kier alpha value is -3.16. The number of carbonyl (C=O) groups is 3. The van der Waals surface area contributed by atoms with Gasteiger partial charge in [-0.25, -0.2) is 0 Å². The highest BCUT2D eigenvalue weighted by atomic mass is 35.5. The molecule has 3 fully saturated rings. The molecule has 0 unspecified atom stereocenters. The van der Waals surface area contributed by atoms with Crippen molar-refractivity contribution in [2.24, 2.45) is 23.7 Å². The monoisotopic (exact) mass is 589 g/mol. The number of benzene rings is 2. The number of nitrogens with one attached hydrogen (secondary N) is 2. The van der Waals surface area contributed by atoms with E-state index in [9.17, 15) is 14.4 Å². The van der Waals surface area contributed by atoms with E-state index in [-0.39, 0.29) is 30.3 Å². The van der Waals surface area contributed by atoms with Crippen molar-refractivity contribution in [3.8, 4) is 0 Å². The van der Waals surface area contributed by atoms with Crippen molar-refractivity contribution in [1.29, 1.82) is 0 Å². The van der Waals surface area contributed by atoms with Gasteiger partial charge in [-0.05, 0) is 59.6 Å². The van der Waals surface area contributed by atoms with E-state index in [1.54, 1.807) is 17.0 Å². The summed E-state index contributed by atoms with van der Waals surface area (Å²) in [6, 6.07) is 14.2. The number of halogens is 1. The lowest BCUT2D eigenvalue weighted by molar-refractivity contribution is -0.142. The molecule has 4 aliphatic rings. The molecule has 3 amide bonds. The van der Waals surface area contributed by atoms with Gasteiger partial charge in [0.1, 0.15) is 11.6 Å². The van der Waals surface area contributed by atoms with E-state index in [0.29, 0.717) is 28.5 Å². The predicted octanol–water partition coefficient (Wildman–Crippen LogP) is 5.69. The molecule has 2 aromatic rings. The minimum absolute atomic E-state index is 0.0275. The van der Waals surface area contributed by atoms with E-state index in [1.807, 2.05) is 48.6 Å². The first kappa shape index (κ1) is 28.9. The molecule has 3 aliphatic heterocycles. The van der Waals surface area contributed by atoms with E-state index < -0.39 is 29.6 Å². The minimum Gasteiger partial charge on any atom is -0.359 e. The molecule has 0 radical (unpaired) electrons. The molecule has 1 spiro atoms. The van der Waals surface area contributed by atoms with E-state index in [1.165, 1.54) is 5.56 Å². The van der Waals surface area contributed by atoms with Crippen molar-refractivity contribution in [2.45, 2.75) is 83.2 Å². The second kappa shape index (κ2) is 11.2. The summed E-state index contributed by atoms with van der Waals surface area (Å²) in [5.41, 5.74) is 1.50. The van der Waals surface area contributed by atoms with E-state index in [4.69, 9.17) is 16.3 Å². The SMILES string of the molecule is CC(C)c1ccc(NC(=O)[C@H]2[C@H]3C=C[C@@]4(O3)[C@H]2C(=O)N(Cc2ccc(Cl)cc2)[C@@H]4C(=O)N[C@@H]2CCC[C@H](C)[C@@H]2C)cc1. The first-order chi connectivity index (χ1) is 20.1. The molecular formula is C34H40ClN3O4. The van der Waals surface area contributed by atoms with Crippen molar-refractivity contribution in [1.82, 2.24) is 10.2 Å². The summed E-state index contributed by atoms with van der Waals surface area (Å²) in [6.07, 6.45) is 6.25. The van der Waals surface area contributed by atoms with Crippen molar-refractivity contribution < 1.29 is 19.1 Å². The molecule has 8 heteroatoms. The highest BCUT2D eigenvalue weighted by molar-refractivity contribution is 6.30. The zero-order valence-electron chi connectivity index (χ0n) is 24.7. The number of hydrogen-bond donors (Lipinski definition) is 2. The zero-order valence-corrected chi connectivity index (χ0v) is 25.4. The topological polar surface area (TPSA) is 87.7 Å². The van der Waals surface area contributed by atoms with Crippen LogP contribution in [0.4, 0.5) is 5.69 Å². The Balaban J connectivity index is 1.30. The standard InChI is InChI=1S/C34H40ClN3O4/c1-19(2)23-10-14-25(15-11-23)36-31(39)28-27-16-17-34(42-27)29(28)33(41)38(18-22-8-12-24(35)13-9-22)30(34)32(40)37-26-7-5-6-20(3)21(26)4/h8-17,19-21,26-30H,5-7,18H2,1-4H3,(H,36,39)(H,37,40)/t20-,21-,26+,27+,28-,29+,30+,34+/m0/s1. The van der Waals surface area contributed by atoms with Crippen molar-refractivity contribution in [2.75, 3.05) is 5.32 Å². The third-order valence-electron chi connectivity index (χ3n) is 10.1. The average Bonchev–Trinajstić information content (AvgIpc) is 3.60. The lowest BCUT2D eigenvalue weighted by Crippen LogP contribution is -2.57. The second-order valence-corrected chi connectivity index (χ2v) is 13.4. The molecule has 2 aromatic carbocycles. The average molecular weight is 590 g/mol. The normalized spacial score (nSPS) is 33.2. The Morgan fingerprint density at radius 3 is 2.45 bits per heavy atom. The maximum atomic E-state index is 14.3. The van der Waals surface area contributed by atoms with Crippen LogP contribution in [-0.2, 0) is 25.7 Å². The number of rotatable bonds is 7. The Morgan fingerprint density at radius 2 is 1.76 bits per heavy atom. The fourth-order valence-corrected chi connectivity index (χ4v) is 7.57. The molecular weight excluding hydrogens is 550 g/mol. The fraction of sp³-hybridized carbons (Fsp3) is 0.500. The summed E-state index contributed by atoms with van der Waals surface area (Å²) >= 11 is 6.12. The highest BCUT2D eigenvalue weighted by Gasteiger charge is 2.72. The Kier molecular flexibility index (Phi) is 7.69. The van der Waals surface area contributed by atoms with Crippen LogP contribution in [0.3, 0.4) is 0 Å². The van der Waals surface area contributed by atoms with Crippen LogP contribution in [0.5, 0.6) is 0 Å². The smallest absolute Gasteiger partial charge is 0.246 e. The van der Waals surface area contributed by atoms with Crippen molar-refractivity contribution in [3.05, 3.63) is 76.8 Å². The van der Waals surface area contributed by atoms with Crippen LogP contribution in [0.25, 0.3) is 0 Å². The summed E-state index contributed by atoms with van der Waals surface area (Å²) in [5.74, 6) is -1.06. The van der Waals surface area contributed by atoms with Gasteiger partial charge in [0.2, 0.25) is 17.7 Å². The van der Waals surface area contributed by atoms with Crippen molar-refractivity contribution in [3.63, 3.8) is 0 Å². The molecule has 1 aliphatic carbocycles. The molecule has 6 rings (SSSR count). The van der Waals surface area contributed by atoms with Gasteiger partial charge in [0.25, 0.3) is 0 Å². The van der Waals surface area contributed by atoms with Crippen LogP contribution >= 0.6 is 11.6 Å². The number of fused-ring (bicyclic) bond motifs is 1. The van der Waals surface area contributed by atoms with Gasteiger partial charge in [0.15, 0.2) is 0 Å². The summed E-state index contributed by atoms with van der Waals surface area (Å²) in [4.78, 5) is 43.9. The molecule has 2 N–H and O–H groups in total. The van der Waals surface area contributed by atoms with Gasteiger partial charge in [-0.2, -0.15) is 0 Å². The minimum atomic E-state index is -1.20. The molecule has 222 valence electrons. The number of carbonyl (C=O) groups excluding carboxylic acids is 3. The number of amides is 3. The van der Waals surface area contributed by atoms with E-state index in [0.717, 1.165) is 24.8 Å². The summed E-state index contributed by atoms with van der Waals surface area (Å²) in [6.45, 7) is 8.88. The number of anilines is 1. The molecule has 8 atom stereocenters. The molecule has 42 heavy (non-hydrogen) atoms. The molecule has 2 bridgehead atoms. The van der Waals surface area contributed by atoms with Gasteiger partial charge in [-0.1, -0.05) is 88.6 Å². The van der Waals surface area contributed by atoms with Crippen LogP contribution in [-0.4, -0.2) is 46.4 Å². The Labute approximate surface area is 253 Å². The first-order valence-corrected chi connectivity index (χ1v) is 15.6. The molecule has 7 nitrogen and oxygen atoms in total. The zero-order chi connectivity index (χ0) is 29.8. The Bertz CT molecular complexity index is 1390. The van der Waals surface area contributed by atoms with Gasteiger partial charge in [-0.3, -0.25) is 14.4 Å². The maximum Gasteiger partial charge on any atom is 0.246 e. The van der Waals surface area contributed by atoms with Crippen LogP contribution in [0.1, 0.15) is 64.0 Å². The van der Waals surface area contributed by atoms with Crippen LogP contribution < -0.4 is 10.6 Å². The van der Waals surface area contributed by atoms with Gasteiger partial charge in [0, 0.05) is 23.3 Å². The lowest BCUT2D eigenvalue weighted by atomic mass is 9.73. The van der Waals surface area contributed by atoms with Gasteiger partial charge < -0.3 is 20.3 Å². The van der Waals surface area contributed by atoms with E-state index >= 15 is 0 Å². The highest BCUT2D eigenvalue weighted by Crippen LogP contribution is 2.55. The number of nitrogens with zero attached hydrogens (tertiary/aromatic N) is 1. The van der Waals surface area contributed by atoms with Crippen LogP contribution in [0, 0.1) is 23.7 Å². The van der Waals surface area contributed by atoms with Gasteiger partial charge in [0.05, 0.1) is 17.9 Å². The molecule has 3 heterocycles. The largest absolute Gasteiger partial charge is 0.359 e. The van der Waals surface area contributed by atoms with Gasteiger partial charge >= 0.3 is 0 Å². The quantitative estimate of drug-likeness (QED) is 0.406. The number of hydrogen-bond acceptors (Lipinski definition) is 4. The number of likely N-dealkylation sites (tertiary alicyclic amines) is 1. The summed E-state index contributed by atoms with van der Waals surface area (Å²) < 4.78 is 6.52. The summed E-state index contributed by atoms with van der Waals surface area (Å²) in [7, 11) is 0. The Morgan fingerprint density at radius 1 is 1.05 bits per heavy atom. The number of ether oxygens (including phenoxy) is 1. The van der Waals surface area contributed by atoms with E-state index in [2.05, 4.69) is 38.3 Å². The lowest BCUT2D eigenvalue weighted by Gasteiger charge is -2.38. The van der Waals surface area contributed by atoms with Gasteiger partial charge in [-0.15, -0.1) is 0 Å². The second-order valence-electron chi connectivity index (χ2n) is 12.9. The first-order valence-electron chi connectivity index (χ1n) is 15.2. The van der Waals surface area contributed by atoms with Crippen LogP contribution in [0.2, 0.25) is 5.02 Å². The third-order valence-corrected chi connectivity index (χ3v) is 10.3. The third kappa shape index (κ3) is 4.94. The molecule has 0 aromatic heterocycles. The van der Waals surface area contributed by atoms with Crippen molar-refractivity contribution >= 4 is 35.0 Å². The van der Waals surface area contributed by atoms with Crippen LogP contribution in [0.15, 0.2) is 60.7 Å². The predicted molar refractivity (Wildman–Crippen MR) is 163 cm³/mol. The molecule has 1 saturated carbocycles. The maximum absolute atomic E-state index is 14.3.